The molecule has 0 radical (unpaired) electrons. The summed E-state index contributed by atoms with van der Waals surface area (Å²) in [4.78, 5) is 23.3. The van der Waals surface area contributed by atoms with E-state index in [1.807, 2.05) is 6.07 Å². The second-order valence-electron chi connectivity index (χ2n) is 5.30. The van der Waals surface area contributed by atoms with Gasteiger partial charge < -0.3 is 10.1 Å². The molecule has 0 unspecified atom stereocenters. The van der Waals surface area contributed by atoms with Gasteiger partial charge in [-0.1, -0.05) is 46.3 Å². The Bertz CT molecular complexity index is 913. The summed E-state index contributed by atoms with van der Waals surface area (Å²) >= 11 is 3.28. The fraction of sp³-hybridized carbons (Fsp3) is 0.111. The Labute approximate surface area is 165 Å². The Balaban J connectivity index is 1.74. The number of amides is 1. The lowest BCUT2D eigenvalue weighted by molar-refractivity contribution is -0.146. The van der Waals surface area contributed by atoms with E-state index < -0.39 is 35.1 Å². The Morgan fingerprint density at radius 3 is 2.37 bits per heavy atom. The molecule has 0 bridgehead atoms. The Hall–Kier alpha value is -2.49. The van der Waals surface area contributed by atoms with Gasteiger partial charge in [0.2, 0.25) is 10.0 Å². The van der Waals surface area contributed by atoms with Crippen LogP contribution in [0.5, 0.6) is 0 Å². The second-order valence-corrected chi connectivity index (χ2v) is 7.86. The van der Waals surface area contributed by atoms with Gasteiger partial charge in [-0.2, -0.15) is 0 Å². The third kappa shape index (κ3) is 8.16. The second kappa shape index (κ2) is 10.0. The van der Waals surface area contributed by atoms with E-state index in [1.54, 1.807) is 48.5 Å². The molecule has 0 spiro atoms. The van der Waals surface area contributed by atoms with Gasteiger partial charge in [-0.25, -0.2) is 13.1 Å². The van der Waals surface area contributed by atoms with Crippen LogP contribution < -0.4 is 10.0 Å². The molecule has 2 aromatic rings. The summed E-state index contributed by atoms with van der Waals surface area (Å²) < 4.78 is 31.3. The highest BCUT2D eigenvalue weighted by Crippen LogP contribution is 2.13. The molecule has 0 fully saturated rings. The topological polar surface area (TPSA) is 102 Å². The van der Waals surface area contributed by atoms with E-state index in [0.29, 0.717) is 11.3 Å². The van der Waals surface area contributed by atoms with Crippen LogP contribution in [0.1, 0.15) is 5.56 Å². The number of rotatable bonds is 8. The summed E-state index contributed by atoms with van der Waals surface area (Å²) in [6.45, 7) is -1.09. The van der Waals surface area contributed by atoms with Crippen molar-refractivity contribution in [1.29, 1.82) is 0 Å². The van der Waals surface area contributed by atoms with Crippen LogP contribution in [-0.2, 0) is 24.3 Å². The molecule has 0 aliphatic rings. The zero-order valence-corrected chi connectivity index (χ0v) is 16.5. The quantitative estimate of drug-likeness (QED) is 0.599. The van der Waals surface area contributed by atoms with Crippen LogP contribution >= 0.6 is 15.9 Å². The van der Waals surface area contributed by atoms with Crippen LogP contribution in [0.2, 0.25) is 0 Å². The zero-order valence-electron chi connectivity index (χ0n) is 14.1. The molecule has 2 aromatic carbocycles. The fourth-order valence-corrected chi connectivity index (χ4v) is 2.88. The molecule has 9 heteroatoms. The normalized spacial score (nSPS) is 11.3. The summed E-state index contributed by atoms with van der Waals surface area (Å²) in [5, 5.41) is 3.50. The van der Waals surface area contributed by atoms with E-state index in [0.717, 1.165) is 9.88 Å². The van der Waals surface area contributed by atoms with Crippen LogP contribution in [0.4, 0.5) is 5.69 Å². The van der Waals surface area contributed by atoms with E-state index in [9.17, 15) is 18.0 Å². The minimum atomic E-state index is -3.80. The summed E-state index contributed by atoms with van der Waals surface area (Å²) in [5.74, 6) is -1.39. The summed E-state index contributed by atoms with van der Waals surface area (Å²) in [6, 6.07) is 15.7. The number of ether oxygens (including phenoxy) is 1. The first-order valence-corrected chi connectivity index (χ1v) is 10.1. The van der Waals surface area contributed by atoms with Crippen LogP contribution in [0, 0.1) is 0 Å². The molecule has 27 heavy (non-hydrogen) atoms. The van der Waals surface area contributed by atoms with E-state index in [4.69, 9.17) is 4.74 Å². The molecule has 0 saturated carbocycles. The van der Waals surface area contributed by atoms with Gasteiger partial charge >= 0.3 is 5.97 Å². The average Bonchev–Trinajstić information content (AvgIpc) is 2.66. The molecule has 7 nitrogen and oxygen atoms in total. The van der Waals surface area contributed by atoms with Gasteiger partial charge in [-0.15, -0.1) is 0 Å². The van der Waals surface area contributed by atoms with E-state index >= 15 is 0 Å². The SMILES string of the molecule is O=C(COC(=O)CNS(=O)(=O)/C=C/c1ccccc1)Nc1ccc(Br)cc1. The number of anilines is 1. The standard InChI is InChI=1S/C18H17BrN2O5S/c19-15-6-8-16(9-7-15)21-17(22)13-26-18(23)12-20-27(24,25)11-10-14-4-2-1-3-5-14/h1-11,20H,12-13H2,(H,21,22)/b11-10+. The molecular formula is C18H17BrN2O5S. The van der Waals surface area contributed by atoms with Crippen molar-refractivity contribution in [2.45, 2.75) is 0 Å². The Morgan fingerprint density at radius 1 is 1.04 bits per heavy atom. The lowest BCUT2D eigenvalue weighted by Crippen LogP contribution is -2.31. The average molecular weight is 453 g/mol. The first-order chi connectivity index (χ1) is 12.8. The maximum absolute atomic E-state index is 11.8. The van der Waals surface area contributed by atoms with Crippen molar-refractivity contribution in [2.75, 3.05) is 18.5 Å². The van der Waals surface area contributed by atoms with Crippen molar-refractivity contribution < 1.29 is 22.7 Å². The molecule has 1 amide bonds. The van der Waals surface area contributed by atoms with Crippen molar-refractivity contribution in [2.24, 2.45) is 0 Å². The number of halogens is 1. The third-order valence-corrected chi connectivity index (χ3v) is 4.72. The molecule has 2 N–H and O–H groups in total. The van der Waals surface area contributed by atoms with Gasteiger partial charge in [0.25, 0.3) is 5.91 Å². The number of nitrogens with one attached hydrogen (secondary N) is 2. The monoisotopic (exact) mass is 452 g/mol. The molecule has 0 aliphatic carbocycles. The largest absolute Gasteiger partial charge is 0.455 e. The number of benzene rings is 2. The molecule has 0 heterocycles. The summed E-state index contributed by atoms with van der Waals surface area (Å²) in [5.41, 5.74) is 1.25. The molecule has 0 saturated heterocycles. The smallest absolute Gasteiger partial charge is 0.321 e. The molecule has 2 rings (SSSR count). The number of hydrogen-bond acceptors (Lipinski definition) is 5. The molecular weight excluding hydrogens is 436 g/mol. The highest BCUT2D eigenvalue weighted by atomic mass is 79.9. The van der Waals surface area contributed by atoms with Crippen molar-refractivity contribution in [3.63, 3.8) is 0 Å². The number of carbonyl (C=O) groups is 2. The number of carbonyl (C=O) groups excluding carboxylic acids is 2. The van der Waals surface area contributed by atoms with Crippen molar-refractivity contribution in [3.05, 3.63) is 70.0 Å². The van der Waals surface area contributed by atoms with Gasteiger partial charge in [-0.05, 0) is 35.9 Å². The van der Waals surface area contributed by atoms with Crippen molar-refractivity contribution >= 4 is 49.6 Å². The lowest BCUT2D eigenvalue weighted by Gasteiger charge is -2.07. The summed E-state index contributed by atoms with van der Waals surface area (Å²) in [6.07, 6.45) is 1.40. The minimum absolute atomic E-state index is 0.517. The number of hydrogen-bond donors (Lipinski definition) is 2. The van der Waals surface area contributed by atoms with E-state index in [2.05, 4.69) is 26.0 Å². The maximum Gasteiger partial charge on any atom is 0.321 e. The third-order valence-electron chi connectivity index (χ3n) is 3.15. The number of esters is 1. The highest BCUT2D eigenvalue weighted by Gasteiger charge is 2.12. The first kappa shape index (κ1) is 20.8. The molecule has 0 aromatic heterocycles. The molecule has 142 valence electrons. The molecule has 0 atom stereocenters. The van der Waals surface area contributed by atoms with Crippen LogP contribution in [0.25, 0.3) is 6.08 Å². The van der Waals surface area contributed by atoms with Crippen LogP contribution in [-0.4, -0.2) is 33.4 Å². The first-order valence-electron chi connectivity index (χ1n) is 7.78. The van der Waals surface area contributed by atoms with Gasteiger partial charge in [0.05, 0.1) is 0 Å². The predicted octanol–water partition coefficient (Wildman–Crippen LogP) is 2.52. The predicted molar refractivity (Wildman–Crippen MR) is 106 cm³/mol. The summed E-state index contributed by atoms with van der Waals surface area (Å²) in [7, 11) is -3.80. The zero-order chi connectivity index (χ0) is 19.7. The van der Waals surface area contributed by atoms with Gasteiger partial charge in [0, 0.05) is 15.6 Å². The van der Waals surface area contributed by atoms with Crippen LogP contribution in [0.3, 0.4) is 0 Å². The van der Waals surface area contributed by atoms with Crippen molar-refractivity contribution in [1.82, 2.24) is 4.72 Å². The lowest BCUT2D eigenvalue weighted by atomic mass is 10.2. The Morgan fingerprint density at radius 2 is 1.70 bits per heavy atom. The van der Waals surface area contributed by atoms with Gasteiger partial charge in [0.1, 0.15) is 6.54 Å². The molecule has 0 aliphatic heterocycles. The van der Waals surface area contributed by atoms with E-state index in [1.165, 1.54) is 6.08 Å². The van der Waals surface area contributed by atoms with Crippen LogP contribution in [0.15, 0.2) is 64.5 Å². The van der Waals surface area contributed by atoms with E-state index in [-0.39, 0.29) is 0 Å². The van der Waals surface area contributed by atoms with Crippen molar-refractivity contribution in [3.8, 4) is 0 Å². The minimum Gasteiger partial charge on any atom is -0.455 e. The maximum atomic E-state index is 11.8. The highest BCUT2D eigenvalue weighted by molar-refractivity contribution is 9.10. The van der Waals surface area contributed by atoms with Gasteiger partial charge in [-0.3, -0.25) is 9.59 Å². The Kier molecular flexibility index (Phi) is 7.71. The van der Waals surface area contributed by atoms with Gasteiger partial charge in [0.15, 0.2) is 6.61 Å². The fourth-order valence-electron chi connectivity index (χ4n) is 1.87. The number of sulfonamides is 1.